The van der Waals surface area contributed by atoms with E-state index >= 15 is 0 Å². The highest BCUT2D eigenvalue weighted by atomic mass is 35.5. The van der Waals surface area contributed by atoms with E-state index in [1.807, 2.05) is 48.1 Å². The summed E-state index contributed by atoms with van der Waals surface area (Å²) in [6.45, 7) is 6.43. The van der Waals surface area contributed by atoms with E-state index in [1.165, 1.54) is 0 Å². The summed E-state index contributed by atoms with van der Waals surface area (Å²) in [6, 6.07) is 9.74. The van der Waals surface area contributed by atoms with Crippen molar-refractivity contribution in [1.29, 1.82) is 0 Å². The topological polar surface area (TPSA) is 68.2 Å². The quantitative estimate of drug-likeness (QED) is 0.759. The van der Waals surface area contributed by atoms with Gasteiger partial charge in [0.25, 0.3) is 0 Å². The Kier molecular flexibility index (Phi) is 7.68. The molecule has 0 radical (unpaired) electrons. The van der Waals surface area contributed by atoms with Crippen molar-refractivity contribution < 1.29 is 9.53 Å². The van der Waals surface area contributed by atoms with Gasteiger partial charge in [0.05, 0.1) is 12.6 Å². The van der Waals surface area contributed by atoms with Gasteiger partial charge in [-0.15, -0.1) is 12.4 Å². The lowest BCUT2D eigenvalue weighted by atomic mass is 9.87. The lowest BCUT2D eigenvalue weighted by molar-refractivity contribution is -0.132. The van der Waals surface area contributed by atoms with E-state index in [-0.39, 0.29) is 24.4 Å². The minimum Gasteiger partial charge on any atom is -0.494 e. The van der Waals surface area contributed by atoms with Gasteiger partial charge >= 0.3 is 0 Å². The fourth-order valence-electron chi connectivity index (χ4n) is 3.41. The van der Waals surface area contributed by atoms with Gasteiger partial charge in [-0.25, -0.2) is 0 Å². The number of benzene rings is 1. The number of rotatable bonds is 7. The van der Waals surface area contributed by atoms with Crippen LogP contribution >= 0.6 is 12.4 Å². The third kappa shape index (κ3) is 4.82. The zero-order valence-electron chi connectivity index (χ0n) is 16.0. The van der Waals surface area contributed by atoms with Crippen LogP contribution in [0.4, 0.5) is 0 Å². The second kappa shape index (κ2) is 9.76. The number of hydrogen-bond acceptors (Lipinski definition) is 4. The monoisotopic (exact) mass is 392 g/mol. The Morgan fingerprint density at radius 1 is 1.33 bits per heavy atom. The first-order chi connectivity index (χ1) is 12.7. The summed E-state index contributed by atoms with van der Waals surface area (Å²) in [4.78, 5) is 13.2. The number of piperidine rings is 1. The van der Waals surface area contributed by atoms with Crippen LogP contribution in [0.25, 0.3) is 0 Å². The highest BCUT2D eigenvalue weighted by Crippen LogP contribution is 2.28. The van der Waals surface area contributed by atoms with Gasteiger partial charge in [0.1, 0.15) is 11.3 Å². The first kappa shape index (κ1) is 21.3. The zero-order chi connectivity index (χ0) is 18.4. The van der Waals surface area contributed by atoms with Crippen molar-refractivity contribution in [2.24, 2.45) is 0 Å². The number of carbonyl (C=O) groups is 1. The molecule has 148 valence electrons. The van der Waals surface area contributed by atoms with Gasteiger partial charge in [0.15, 0.2) is 0 Å². The molecule has 2 N–H and O–H groups in total. The van der Waals surface area contributed by atoms with E-state index in [4.69, 9.17) is 4.74 Å². The molecule has 0 spiro atoms. The van der Waals surface area contributed by atoms with Crippen LogP contribution in [0.3, 0.4) is 0 Å². The molecular weight excluding hydrogens is 364 g/mol. The van der Waals surface area contributed by atoms with Crippen molar-refractivity contribution in [2.45, 2.75) is 44.7 Å². The third-order valence-electron chi connectivity index (χ3n) is 5.00. The molecule has 2 aromatic rings. The maximum atomic E-state index is 13.2. The van der Waals surface area contributed by atoms with Crippen LogP contribution in [0.2, 0.25) is 0 Å². The molecule has 6 nitrogen and oxygen atoms in total. The van der Waals surface area contributed by atoms with E-state index in [2.05, 4.69) is 22.7 Å². The fraction of sp³-hybridized carbons (Fsp3) is 0.500. The molecule has 1 aliphatic heterocycles. The van der Waals surface area contributed by atoms with Crippen molar-refractivity contribution in [3.63, 3.8) is 0 Å². The van der Waals surface area contributed by atoms with Crippen LogP contribution in [0.1, 0.15) is 44.7 Å². The molecule has 1 amide bonds. The standard InChI is InChI=1S/C20H28N4O2.ClH/c1-3-15-26-18-7-5-17(6-8-18)16(2)23-19(25)20(9-12-21-13-10-20)24-14-4-11-22-24;/h4-8,11,14,16,21H,3,9-10,12-13,15H2,1-2H3,(H,23,25);1H. The molecule has 1 fully saturated rings. The largest absolute Gasteiger partial charge is 0.494 e. The van der Waals surface area contributed by atoms with Crippen LogP contribution in [-0.2, 0) is 10.3 Å². The number of ether oxygens (including phenoxy) is 1. The summed E-state index contributed by atoms with van der Waals surface area (Å²) >= 11 is 0. The van der Waals surface area contributed by atoms with Crippen molar-refractivity contribution in [3.8, 4) is 5.75 Å². The van der Waals surface area contributed by atoms with Crippen LogP contribution in [-0.4, -0.2) is 35.4 Å². The number of carbonyl (C=O) groups excluding carboxylic acids is 1. The van der Waals surface area contributed by atoms with Gasteiger partial charge in [-0.2, -0.15) is 5.10 Å². The van der Waals surface area contributed by atoms with Gasteiger partial charge in [0.2, 0.25) is 5.91 Å². The van der Waals surface area contributed by atoms with Crippen molar-refractivity contribution in [1.82, 2.24) is 20.4 Å². The predicted octanol–water partition coefficient (Wildman–Crippen LogP) is 3.05. The van der Waals surface area contributed by atoms with Gasteiger partial charge in [-0.3, -0.25) is 9.48 Å². The van der Waals surface area contributed by atoms with Crippen LogP contribution in [0.15, 0.2) is 42.7 Å². The second-order valence-corrected chi connectivity index (χ2v) is 6.84. The summed E-state index contributed by atoms with van der Waals surface area (Å²) in [5.41, 5.74) is 0.444. The molecule has 0 aliphatic carbocycles. The van der Waals surface area contributed by atoms with Crippen LogP contribution in [0, 0.1) is 0 Å². The van der Waals surface area contributed by atoms with E-state index in [0.29, 0.717) is 6.61 Å². The smallest absolute Gasteiger partial charge is 0.248 e. The Hall–Kier alpha value is -2.05. The Labute approximate surface area is 167 Å². The van der Waals surface area contributed by atoms with Crippen molar-refractivity contribution in [3.05, 3.63) is 48.3 Å². The molecule has 1 aromatic carbocycles. The number of hydrogen-bond donors (Lipinski definition) is 2. The Morgan fingerprint density at radius 2 is 2.04 bits per heavy atom. The van der Waals surface area contributed by atoms with Gasteiger partial charge in [-0.1, -0.05) is 19.1 Å². The maximum absolute atomic E-state index is 13.2. The molecule has 0 saturated carbocycles. The molecule has 27 heavy (non-hydrogen) atoms. The fourth-order valence-corrected chi connectivity index (χ4v) is 3.41. The van der Waals surface area contributed by atoms with Crippen LogP contribution < -0.4 is 15.4 Å². The van der Waals surface area contributed by atoms with Gasteiger partial charge in [-0.05, 0) is 63.0 Å². The summed E-state index contributed by atoms with van der Waals surface area (Å²) in [5, 5.41) is 10.9. The molecule has 3 rings (SSSR count). The lowest BCUT2D eigenvalue weighted by Gasteiger charge is -2.37. The Bertz CT molecular complexity index is 697. The van der Waals surface area contributed by atoms with Gasteiger partial charge < -0.3 is 15.4 Å². The molecule has 1 atom stereocenters. The number of halogens is 1. The molecular formula is C20H29ClN4O2. The minimum absolute atomic E-state index is 0. The first-order valence-electron chi connectivity index (χ1n) is 9.40. The molecule has 1 saturated heterocycles. The summed E-state index contributed by atoms with van der Waals surface area (Å²) in [5.74, 6) is 0.891. The molecule has 1 unspecified atom stereocenters. The van der Waals surface area contributed by atoms with E-state index in [9.17, 15) is 4.79 Å². The maximum Gasteiger partial charge on any atom is 0.248 e. The summed E-state index contributed by atoms with van der Waals surface area (Å²) in [6.07, 6.45) is 6.07. The predicted molar refractivity (Wildman–Crippen MR) is 108 cm³/mol. The molecule has 7 heteroatoms. The summed E-state index contributed by atoms with van der Waals surface area (Å²) < 4.78 is 7.44. The molecule has 2 heterocycles. The van der Waals surface area contributed by atoms with Crippen molar-refractivity contribution >= 4 is 18.3 Å². The highest BCUT2D eigenvalue weighted by molar-refractivity contribution is 5.85. The minimum atomic E-state index is -0.618. The highest BCUT2D eigenvalue weighted by Gasteiger charge is 2.42. The SMILES string of the molecule is CCCOc1ccc(C(C)NC(=O)C2(n3cccn3)CCNCC2)cc1.Cl. The number of nitrogens with zero attached hydrogens (tertiary/aromatic N) is 2. The van der Waals surface area contributed by atoms with Crippen molar-refractivity contribution in [2.75, 3.05) is 19.7 Å². The average molecular weight is 393 g/mol. The lowest BCUT2D eigenvalue weighted by Crippen LogP contribution is -2.55. The Balaban J connectivity index is 0.00000261. The first-order valence-corrected chi connectivity index (χ1v) is 9.40. The average Bonchev–Trinajstić information content (AvgIpc) is 3.22. The normalized spacial score (nSPS) is 16.8. The van der Waals surface area contributed by atoms with E-state index in [1.54, 1.807) is 6.20 Å². The van der Waals surface area contributed by atoms with E-state index in [0.717, 1.165) is 43.7 Å². The molecule has 1 aliphatic rings. The molecule has 1 aromatic heterocycles. The summed E-state index contributed by atoms with van der Waals surface area (Å²) in [7, 11) is 0. The second-order valence-electron chi connectivity index (χ2n) is 6.84. The number of nitrogens with one attached hydrogen (secondary N) is 2. The number of aromatic nitrogens is 2. The Morgan fingerprint density at radius 3 is 2.63 bits per heavy atom. The van der Waals surface area contributed by atoms with E-state index < -0.39 is 5.54 Å². The van der Waals surface area contributed by atoms with Gasteiger partial charge in [0, 0.05) is 12.4 Å². The van der Waals surface area contributed by atoms with Crippen LogP contribution in [0.5, 0.6) is 5.75 Å². The zero-order valence-corrected chi connectivity index (χ0v) is 16.8. The molecule has 0 bridgehead atoms. The number of amides is 1. The third-order valence-corrected chi connectivity index (χ3v) is 5.00.